The van der Waals surface area contributed by atoms with E-state index >= 15 is 0 Å². The molecule has 0 aliphatic rings. The van der Waals surface area contributed by atoms with E-state index in [0.717, 1.165) is 28.3 Å². The minimum absolute atomic E-state index is 0.0136. The van der Waals surface area contributed by atoms with E-state index in [-0.39, 0.29) is 46.9 Å². The third kappa shape index (κ3) is 7.15. The Bertz CT molecular complexity index is 1780. The number of nitrogens with zero attached hydrogens (tertiary/aromatic N) is 3. The van der Waals surface area contributed by atoms with Gasteiger partial charge in [-0.3, -0.25) is 9.59 Å². The molecule has 0 saturated carbocycles. The maximum atomic E-state index is 13.2. The molecule has 1 amide bonds. The van der Waals surface area contributed by atoms with Gasteiger partial charge in [-0.05, 0) is 59.2 Å². The zero-order valence-corrected chi connectivity index (χ0v) is 22.7. The van der Waals surface area contributed by atoms with Gasteiger partial charge in [0, 0.05) is 29.7 Å². The fourth-order valence-corrected chi connectivity index (χ4v) is 4.39. The lowest BCUT2D eigenvalue weighted by Gasteiger charge is -2.14. The molecule has 0 saturated heterocycles. The lowest BCUT2D eigenvalue weighted by molar-refractivity contribution is -0.153. The van der Waals surface area contributed by atoms with E-state index < -0.39 is 18.7 Å². The number of rotatable bonds is 10. The van der Waals surface area contributed by atoms with Crippen LogP contribution in [-0.2, 0) is 11.2 Å². The highest BCUT2D eigenvalue weighted by molar-refractivity contribution is 5.94. The standard InChI is InChI=1S/C31H25F4N5O3/c1-18(20-6-10-24(32)11-7-20)26(41)14-19-2-4-21(5-3-19)23-9-13-28-38-30(39-40(28)16-23)37-25-12-8-22(29(36)42)15-27(25)43-17-31(33,34)35/h2-13,15-16,18H,14,17H2,1H3,(H2,36,42)(H,37,39). The van der Waals surface area contributed by atoms with Crippen LogP contribution in [0.4, 0.5) is 29.2 Å². The third-order valence-electron chi connectivity index (χ3n) is 6.75. The molecule has 5 rings (SSSR count). The molecule has 0 aliphatic carbocycles. The molecule has 0 bridgehead atoms. The zero-order valence-electron chi connectivity index (χ0n) is 22.7. The Hall–Kier alpha value is -5.26. The smallest absolute Gasteiger partial charge is 0.422 e. The summed E-state index contributed by atoms with van der Waals surface area (Å²) in [6, 6.07) is 20.8. The predicted molar refractivity (Wildman–Crippen MR) is 152 cm³/mol. The summed E-state index contributed by atoms with van der Waals surface area (Å²) in [6.07, 6.45) is -2.62. The molecule has 220 valence electrons. The molecule has 3 aromatic carbocycles. The minimum atomic E-state index is -4.59. The van der Waals surface area contributed by atoms with Crippen LogP contribution in [0, 0.1) is 5.82 Å². The number of anilines is 2. The van der Waals surface area contributed by atoms with Crippen molar-refractivity contribution in [3.8, 4) is 16.9 Å². The van der Waals surface area contributed by atoms with Crippen LogP contribution < -0.4 is 15.8 Å². The van der Waals surface area contributed by atoms with Gasteiger partial charge in [-0.2, -0.15) is 18.2 Å². The van der Waals surface area contributed by atoms with E-state index in [1.165, 1.54) is 28.8 Å². The van der Waals surface area contributed by atoms with Crippen LogP contribution in [0.25, 0.3) is 16.8 Å². The number of benzene rings is 3. The van der Waals surface area contributed by atoms with E-state index in [1.807, 2.05) is 30.3 Å². The Morgan fingerprint density at radius 2 is 1.67 bits per heavy atom. The number of fused-ring (bicyclic) bond motifs is 1. The second-order valence-corrected chi connectivity index (χ2v) is 9.87. The van der Waals surface area contributed by atoms with Crippen molar-refractivity contribution in [3.63, 3.8) is 0 Å². The quantitative estimate of drug-likeness (QED) is 0.186. The first kappa shape index (κ1) is 29.2. The number of halogens is 4. The molecule has 2 aromatic heterocycles. The summed E-state index contributed by atoms with van der Waals surface area (Å²) >= 11 is 0. The Labute approximate surface area is 243 Å². The number of nitrogens with one attached hydrogen (secondary N) is 1. The second-order valence-electron chi connectivity index (χ2n) is 9.87. The number of amides is 1. The third-order valence-corrected chi connectivity index (χ3v) is 6.75. The van der Waals surface area contributed by atoms with Crippen LogP contribution >= 0.6 is 0 Å². The maximum Gasteiger partial charge on any atom is 0.422 e. The molecule has 43 heavy (non-hydrogen) atoms. The summed E-state index contributed by atoms with van der Waals surface area (Å²) in [5, 5.41) is 7.20. The van der Waals surface area contributed by atoms with Crippen LogP contribution in [-0.4, -0.2) is 39.1 Å². The molecule has 5 aromatic rings. The van der Waals surface area contributed by atoms with Crippen molar-refractivity contribution >= 4 is 29.0 Å². The second kappa shape index (κ2) is 11.9. The monoisotopic (exact) mass is 591 g/mol. The summed E-state index contributed by atoms with van der Waals surface area (Å²) in [4.78, 5) is 28.7. The minimum Gasteiger partial charge on any atom is -0.482 e. The largest absolute Gasteiger partial charge is 0.482 e. The highest BCUT2D eigenvalue weighted by Crippen LogP contribution is 2.30. The highest BCUT2D eigenvalue weighted by atomic mass is 19.4. The van der Waals surface area contributed by atoms with E-state index in [2.05, 4.69) is 15.4 Å². The number of hydrogen-bond acceptors (Lipinski definition) is 6. The normalized spacial score (nSPS) is 12.2. The van der Waals surface area contributed by atoms with E-state index in [1.54, 1.807) is 31.3 Å². The number of ketones is 1. The van der Waals surface area contributed by atoms with Crippen molar-refractivity contribution < 1.29 is 31.9 Å². The van der Waals surface area contributed by atoms with Gasteiger partial charge in [0.15, 0.2) is 12.3 Å². The van der Waals surface area contributed by atoms with Crippen molar-refractivity contribution in [2.75, 3.05) is 11.9 Å². The highest BCUT2D eigenvalue weighted by Gasteiger charge is 2.29. The Morgan fingerprint density at radius 3 is 2.35 bits per heavy atom. The fraction of sp³-hybridized carbons (Fsp3) is 0.161. The van der Waals surface area contributed by atoms with Gasteiger partial charge >= 0.3 is 6.18 Å². The number of pyridine rings is 1. The van der Waals surface area contributed by atoms with Gasteiger partial charge in [0.05, 0.1) is 5.69 Å². The first-order chi connectivity index (χ1) is 20.4. The molecule has 0 radical (unpaired) electrons. The lowest BCUT2D eigenvalue weighted by Crippen LogP contribution is -2.20. The molecule has 0 spiro atoms. The number of primary amides is 1. The molecule has 12 heteroatoms. The number of hydrogen-bond donors (Lipinski definition) is 2. The summed E-state index contributed by atoms with van der Waals surface area (Å²) in [5.41, 5.74) is 9.08. The first-order valence-electron chi connectivity index (χ1n) is 13.1. The van der Waals surface area contributed by atoms with Crippen LogP contribution in [0.3, 0.4) is 0 Å². The van der Waals surface area contributed by atoms with Gasteiger partial charge < -0.3 is 15.8 Å². The van der Waals surface area contributed by atoms with Gasteiger partial charge in [0.1, 0.15) is 17.3 Å². The van der Waals surface area contributed by atoms with Crippen LogP contribution in [0.1, 0.15) is 34.3 Å². The fourth-order valence-electron chi connectivity index (χ4n) is 4.39. The Morgan fingerprint density at radius 1 is 0.977 bits per heavy atom. The van der Waals surface area contributed by atoms with Gasteiger partial charge in [0.25, 0.3) is 0 Å². The molecule has 2 heterocycles. The van der Waals surface area contributed by atoms with E-state index in [0.29, 0.717) is 5.65 Å². The van der Waals surface area contributed by atoms with Crippen LogP contribution in [0.2, 0.25) is 0 Å². The molecule has 0 fully saturated rings. The van der Waals surface area contributed by atoms with E-state index in [9.17, 15) is 27.2 Å². The summed E-state index contributed by atoms with van der Waals surface area (Å²) in [5.74, 6) is -1.67. The van der Waals surface area contributed by atoms with Crippen molar-refractivity contribution in [1.82, 2.24) is 14.6 Å². The van der Waals surface area contributed by atoms with E-state index in [4.69, 9.17) is 10.5 Å². The van der Waals surface area contributed by atoms with Gasteiger partial charge in [-0.15, -0.1) is 5.10 Å². The summed E-state index contributed by atoms with van der Waals surface area (Å²) in [7, 11) is 0. The Balaban J connectivity index is 1.30. The van der Waals surface area contributed by atoms with Crippen molar-refractivity contribution in [2.24, 2.45) is 5.73 Å². The van der Waals surface area contributed by atoms with Gasteiger partial charge in [-0.1, -0.05) is 43.3 Å². The topological polar surface area (TPSA) is 112 Å². The molecule has 1 unspecified atom stereocenters. The molecule has 8 nitrogen and oxygen atoms in total. The number of nitrogens with two attached hydrogens (primary N) is 1. The van der Waals surface area contributed by atoms with Crippen molar-refractivity contribution in [3.05, 3.63) is 108 Å². The molecular formula is C31H25F4N5O3. The van der Waals surface area contributed by atoms with Crippen LogP contribution in [0.15, 0.2) is 85.1 Å². The van der Waals surface area contributed by atoms with Crippen LogP contribution in [0.5, 0.6) is 5.75 Å². The number of Topliss-reactive ketones (excluding diaryl/α,β-unsaturated/α-hetero) is 1. The first-order valence-corrected chi connectivity index (χ1v) is 13.1. The molecular weight excluding hydrogens is 566 g/mol. The Kier molecular flexibility index (Phi) is 8.11. The molecule has 0 aliphatic heterocycles. The molecule has 1 atom stereocenters. The SMILES string of the molecule is CC(C(=O)Cc1ccc(-c2ccc3nc(Nc4ccc(C(N)=O)cc4OCC(F)(F)F)nn3c2)cc1)c1ccc(F)cc1. The van der Waals surface area contributed by atoms with Gasteiger partial charge in [-0.25, -0.2) is 8.91 Å². The number of ether oxygens (including phenoxy) is 1. The predicted octanol–water partition coefficient (Wildman–Crippen LogP) is 6.23. The number of alkyl halides is 3. The lowest BCUT2D eigenvalue weighted by atomic mass is 9.92. The zero-order chi connectivity index (χ0) is 30.7. The van der Waals surface area contributed by atoms with Gasteiger partial charge in [0.2, 0.25) is 11.9 Å². The molecule has 3 N–H and O–H groups in total. The van der Waals surface area contributed by atoms with Crippen molar-refractivity contribution in [2.45, 2.75) is 25.4 Å². The number of carbonyl (C=O) groups excluding carboxylic acids is 2. The average Bonchev–Trinajstić information content (AvgIpc) is 3.38. The summed E-state index contributed by atoms with van der Waals surface area (Å²) < 4.78 is 57.9. The maximum absolute atomic E-state index is 13.2. The number of carbonyl (C=O) groups is 2. The van der Waals surface area contributed by atoms with Crippen molar-refractivity contribution in [1.29, 1.82) is 0 Å². The summed E-state index contributed by atoms with van der Waals surface area (Å²) in [6.45, 7) is 0.235. The number of aromatic nitrogens is 3. The average molecular weight is 592 g/mol.